The maximum absolute atomic E-state index is 13.0. The van der Waals surface area contributed by atoms with Gasteiger partial charge in [-0.25, -0.2) is 4.79 Å². The fraction of sp³-hybridized carbons (Fsp3) is 0.240. The zero-order chi connectivity index (χ0) is 23.7. The standard InChI is InChI=1S/C25H22N4O5/c1-15(30)26-19-8-6-16(7-9-19)22-27-23(34-28-22)17-10-12-29(13-11-17)24(31)20-14-18-4-2-3-5-21(18)33-25(20)32/h2-9,14,17H,10-13H2,1H3,(H,26,30). The Balaban J connectivity index is 1.25. The summed E-state index contributed by atoms with van der Waals surface area (Å²) in [5, 5.41) is 7.52. The lowest BCUT2D eigenvalue weighted by Crippen LogP contribution is -2.39. The summed E-state index contributed by atoms with van der Waals surface area (Å²) < 4.78 is 10.8. The Bertz CT molecular complexity index is 1420. The number of anilines is 1. The van der Waals surface area contributed by atoms with E-state index in [4.69, 9.17) is 8.94 Å². The average Bonchev–Trinajstić information content (AvgIpc) is 3.34. The summed E-state index contributed by atoms with van der Waals surface area (Å²) in [4.78, 5) is 42.7. The van der Waals surface area contributed by atoms with E-state index in [1.165, 1.54) is 6.92 Å². The van der Waals surface area contributed by atoms with Gasteiger partial charge in [-0.05, 0) is 49.2 Å². The van der Waals surface area contributed by atoms with Crippen molar-refractivity contribution in [2.45, 2.75) is 25.7 Å². The number of benzene rings is 2. The van der Waals surface area contributed by atoms with Crippen LogP contribution < -0.4 is 10.9 Å². The van der Waals surface area contributed by atoms with Crippen molar-refractivity contribution in [3.05, 3.63) is 76.5 Å². The molecule has 2 amide bonds. The molecule has 2 aromatic carbocycles. The van der Waals surface area contributed by atoms with Crippen LogP contribution in [0.3, 0.4) is 0 Å². The number of nitrogens with one attached hydrogen (secondary N) is 1. The summed E-state index contributed by atoms with van der Waals surface area (Å²) in [6.07, 6.45) is 1.29. The topological polar surface area (TPSA) is 119 Å². The minimum atomic E-state index is -0.628. The first kappa shape index (κ1) is 21.6. The van der Waals surface area contributed by atoms with Crippen molar-refractivity contribution < 1.29 is 18.5 Å². The van der Waals surface area contributed by atoms with Crippen LogP contribution in [-0.2, 0) is 4.79 Å². The van der Waals surface area contributed by atoms with Gasteiger partial charge in [0, 0.05) is 42.6 Å². The Labute approximate surface area is 194 Å². The normalized spacial score (nSPS) is 14.3. The summed E-state index contributed by atoms with van der Waals surface area (Å²) in [7, 11) is 0. The molecule has 5 rings (SSSR count). The Morgan fingerprint density at radius 3 is 2.53 bits per heavy atom. The Morgan fingerprint density at radius 1 is 1.06 bits per heavy atom. The molecule has 1 N–H and O–H groups in total. The first-order valence-electron chi connectivity index (χ1n) is 11.0. The molecule has 0 saturated carbocycles. The van der Waals surface area contributed by atoms with Gasteiger partial charge in [-0.2, -0.15) is 4.98 Å². The monoisotopic (exact) mass is 458 g/mol. The molecule has 4 aromatic rings. The number of rotatable bonds is 4. The second kappa shape index (κ2) is 8.93. The molecule has 0 atom stereocenters. The SMILES string of the molecule is CC(=O)Nc1ccc(-c2noc(C3CCN(C(=O)c4cc5ccccc5oc4=O)CC3)n2)cc1. The fourth-order valence-corrected chi connectivity index (χ4v) is 4.14. The zero-order valence-electron chi connectivity index (χ0n) is 18.5. The quantitative estimate of drug-likeness (QED) is 0.462. The van der Waals surface area contributed by atoms with Crippen LogP contribution in [0.5, 0.6) is 0 Å². The third kappa shape index (κ3) is 4.32. The number of carbonyl (C=O) groups excluding carboxylic acids is 2. The van der Waals surface area contributed by atoms with Gasteiger partial charge in [-0.1, -0.05) is 23.4 Å². The van der Waals surface area contributed by atoms with E-state index in [-0.39, 0.29) is 23.3 Å². The predicted octanol–water partition coefficient (Wildman–Crippen LogP) is 3.82. The van der Waals surface area contributed by atoms with E-state index in [1.807, 2.05) is 24.3 Å². The van der Waals surface area contributed by atoms with Crippen LogP contribution in [0.25, 0.3) is 22.4 Å². The molecule has 34 heavy (non-hydrogen) atoms. The third-order valence-corrected chi connectivity index (χ3v) is 5.91. The van der Waals surface area contributed by atoms with E-state index in [0.717, 1.165) is 5.56 Å². The molecule has 9 heteroatoms. The highest BCUT2D eigenvalue weighted by molar-refractivity contribution is 5.96. The third-order valence-electron chi connectivity index (χ3n) is 5.91. The molecule has 0 radical (unpaired) electrons. The molecular weight excluding hydrogens is 436 g/mol. The first-order valence-corrected chi connectivity index (χ1v) is 11.0. The van der Waals surface area contributed by atoms with Crippen LogP contribution in [0.15, 0.2) is 68.3 Å². The number of hydrogen-bond donors (Lipinski definition) is 1. The maximum atomic E-state index is 13.0. The molecule has 1 fully saturated rings. The Morgan fingerprint density at radius 2 is 1.79 bits per heavy atom. The van der Waals surface area contributed by atoms with Crippen molar-refractivity contribution in [2.24, 2.45) is 0 Å². The number of hydrogen-bond acceptors (Lipinski definition) is 7. The van der Waals surface area contributed by atoms with Gasteiger partial charge in [0.15, 0.2) is 0 Å². The predicted molar refractivity (Wildman–Crippen MR) is 124 cm³/mol. The molecular formula is C25H22N4O5. The molecule has 3 heterocycles. The summed E-state index contributed by atoms with van der Waals surface area (Å²) in [6, 6.07) is 15.9. The number of aromatic nitrogens is 2. The second-order valence-electron chi connectivity index (χ2n) is 8.27. The van der Waals surface area contributed by atoms with Crippen LogP contribution in [0.1, 0.15) is 41.9 Å². The smallest absolute Gasteiger partial charge is 0.349 e. The number of fused-ring (bicyclic) bond motifs is 1. The second-order valence-corrected chi connectivity index (χ2v) is 8.27. The highest BCUT2D eigenvalue weighted by Crippen LogP contribution is 2.29. The minimum Gasteiger partial charge on any atom is -0.422 e. The van der Waals surface area contributed by atoms with E-state index in [2.05, 4.69) is 15.5 Å². The molecule has 1 aliphatic rings. The van der Waals surface area contributed by atoms with E-state index in [9.17, 15) is 14.4 Å². The minimum absolute atomic E-state index is 0.0250. The van der Waals surface area contributed by atoms with E-state index >= 15 is 0 Å². The molecule has 1 saturated heterocycles. The van der Waals surface area contributed by atoms with E-state index in [0.29, 0.717) is 54.3 Å². The number of piperidine rings is 1. The largest absolute Gasteiger partial charge is 0.422 e. The van der Waals surface area contributed by atoms with Crippen molar-refractivity contribution in [3.63, 3.8) is 0 Å². The molecule has 172 valence electrons. The van der Waals surface area contributed by atoms with Gasteiger partial charge in [0.2, 0.25) is 17.6 Å². The highest BCUT2D eigenvalue weighted by Gasteiger charge is 2.29. The van der Waals surface area contributed by atoms with E-state index < -0.39 is 5.63 Å². The van der Waals surface area contributed by atoms with Gasteiger partial charge in [-0.3, -0.25) is 9.59 Å². The van der Waals surface area contributed by atoms with Gasteiger partial charge < -0.3 is 19.2 Å². The Kier molecular flexibility index (Phi) is 5.67. The molecule has 9 nitrogen and oxygen atoms in total. The van der Waals surface area contributed by atoms with Gasteiger partial charge in [0.25, 0.3) is 5.91 Å². The van der Waals surface area contributed by atoms with Crippen molar-refractivity contribution in [3.8, 4) is 11.4 Å². The summed E-state index contributed by atoms with van der Waals surface area (Å²) in [5.74, 6) is 0.552. The van der Waals surface area contributed by atoms with Crippen molar-refractivity contribution in [1.82, 2.24) is 15.0 Å². The first-order chi connectivity index (χ1) is 16.5. The Hall–Kier alpha value is -4.27. The van der Waals surface area contributed by atoms with Gasteiger partial charge in [0.05, 0.1) is 0 Å². The lowest BCUT2D eigenvalue weighted by Gasteiger charge is -2.30. The van der Waals surface area contributed by atoms with Gasteiger partial charge >= 0.3 is 5.63 Å². The summed E-state index contributed by atoms with van der Waals surface area (Å²) in [5.41, 5.74) is 1.34. The maximum Gasteiger partial charge on any atom is 0.349 e. The van der Waals surface area contributed by atoms with Crippen molar-refractivity contribution in [2.75, 3.05) is 18.4 Å². The van der Waals surface area contributed by atoms with Crippen LogP contribution in [0.2, 0.25) is 0 Å². The molecule has 0 spiro atoms. The summed E-state index contributed by atoms with van der Waals surface area (Å²) in [6.45, 7) is 2.40. The molecule has 0 unspecified atom stereocenters. The molecule has 0 bridgehead atoms. The molecule has 1 aliphatic heterocycles. The fourth-order valence-electron chi connectivity index (χ4n) is 4.14. The number of carbonyl (C=O) groups is 2. The highest BCUT2D eigenvalue weighted by atomic mass is 16.5. The van der Waals surface area contributed by atoms with Crippen LogP contribution in [-0.4, -0.2) is 39.9 Å². The summed E-state index contributed by atoms with van der Waals surface area (Å²) >= 11 is 0. The van der Waals surface area contributed by atoms with Crippen LogP contribution in [0, 0.1) is 0 Å². The van der Waals surface area contributed by atoms with Crippen molar-refractivity contribution >= 4 is 28.5 Å². The number of likely N-dealkylation sites (tertiary alicyclic amines) is 1. The zero-order valence-corrected chi connectivity index (χ0v) is 18.5. The molecule has 2 aromatic heterocycles. The van der Waals surface area contributed by atoms with Crippen molar-refractivity contribution in [1.29, 1.82) is 0 Å². The lowest BCUT2D eigenvalue weighted by molar-refractivity contribution is -0.114. The van der Waals surface area contributed by atoms with Gasteiger partial charge in [0.1, 0.15) is 11.1 Å². The number of amides is 2. The molecule has 0 aliphatic carbocycles. The van der Waals surface area contributed by atoms with E-state index in [1.54, 1.807) is 35.2 Å². The van der Waals surface area contributed by atoms with Crippen LogP contribution in [0.4, 0.5) is 5.69 Å². The average molecular weight is 458 g/mol. The lowest BCUT2D eigenvalue weighted by atomic mass is 9.96. The number of nitrogens with zero attached hydrogens (tertiary/aromatic N) is 3. The van der Waals surface area contributed by atoms with Crippen LogP contribution >= 0.6 is 0 Å². The number of para-hydroxylation sites is 1. The van der Waals surface area contributed by atoms with Gasteiger partial charge in [-0.15, -0.1) is 0 Å².